The fourth-order valence-corrected chi connectivity index (χ4v) is 3.32. The van der Waals surface area contributed by atoms with Crippen molar-refractivity contribution < 1.29 is 4.74 Å². The first kappa shape index (κ1) is 13.5. The van der Waals surface area contributed by atoms with Crippen LogP contribution in [0, 0.1) is 5.41 Å². The van der Waals surface area contributed by atoms with Crippen LogP contribution in [0.4, 0.5) is 0 Å². The SMILES string of the molecule is Clc1ccc(Cl)c(OCC2(CBr)CCCC2)c1. The lowest BCUT2D eigenvalue weighted by molar-refractivity contribution is 0.174. The van der Waals surface area contributed by atoms with Crippen LogP contribution >= 0.6 is 39.1 Å². The molecule has 0 aliphatic heterocycles. The van der Waals surface area contributed by atoms with E-state index in [2.05, 4.69) is 15.9 Å². The highest BCUT2D eigenvalue weighted by atomic mass is 79.9. The van der Waals surface area contributed by atoms with Crippen molar-refractivity contribution in [2.45, 2.75) is 25.7 Å². The van der Waals surface area contributed by atoms with Gasteiger partial charge in [-0.25, -0.2) is 0 Å². The van der Waals surface area contributed by atoms with Gasteiger partial charge in [-0.15, -0.1) is 0 Å². The number of rotatable bonds is 4. The van der Waals surface area contributed by atoms with Crippen molar-refractivity contribution in [3.8, 4) is 5.75 Å². The van der Waals surface area contributed by atoms with Crippen LogP contribution < -0.4 is 4.74 Å². The van der Waals surface area contributed by atoms with Crippen LogP contribution in [-0.4, -0.2) is 11.9 Å². The Bertz CT molecular complexity index is 389. The third-order valence-electron chi connectivity index (χ3n) is 3.37. The van der Waals surface area contributed by atoms with Crippen LogP contribution in [0.25, 0.3) is 0 Å². The molecule has 0 spiro atoms. The quantitative estimate of drug-likeness (QED) is 0.675. The molecule has 0 atom stereocenters. The third kappa shape index (κ3) is 3.30. The first-order valence-electron chi connectivity index (χ1n) is 5.79. The zero-order valence-electron chi connectivity index (χ0n) is 9.52. The zero-order chi connectivity index (χ0) is 12.3. The number of alkyl halides is 1. The molecule has 1 aromatic carbocycles. The molecule has 0 amide bonds. The zero-order valence-corrected chi connectivity index (χ0v) is 12.6. The van der Waals surface area contributed by atoms with Gasteiger partial charge in [0.05, 0.1) is 11.6 Å². The lowest BCUT2D eigenvalue weighted by Gasteiger charge is -2.26. The molecule has 0 aromatic heterocycles. The van der Waals surface area contributed by atoms with Gasteiger partial charge in [0.2, 0.25) is 0 Å². The molecular weight excluding hydrogens is 323 g/mol. The molecule has 1 fully saturated rings. The molecule has 0 unspecified atom stereocenters. The average Bonchev–Trinajstić information content (AvgIpc) is 2.80. The molecule has 4 heteroatoms. The summed E-state index contributed by atoms with van der Waals surface area (Å²) >= 11 is 15.6. The number of halogens is 3. The van der Waals surface area contributed by atoms with E-state index in [9.17, 15) is 0 Å². The molecule has 0 heterocycles. The van der Waals surface area contributed by atoms with E-state index in [4.69, 9.17) is 27.9 Å². The van der Waals surface area contributed by atoms with E-state index in [1.165, 1.54) is 25.7 Å². The van der Waals surface area contributed by atoms with Crippen molar-refractivity contribution in [1.29, 1.82) is 0 Å². The van der Waals surface area contributed by atoms with Gasteiger partial charge in [-0.05, 0) is 25.0 Å². The number of hydrogen-bond acceptors (Lipinski definition) is 1. The summed E-state index contributed by atoms with van der Waals surface area (Å²) in [4.78, 5) is 0. The van der Waals surface area contributed by atoms with E-state index in [0.29, 0.717) is 22.4 Å². The van der Waals surface area contributed by atoms with E-state index >= 15 is 0 Å². The Morgan fingerprint density at radius 1 is 1.24 bits per heavy atom. The molecule has 1 saturated carbocycles. The van der Waals surface area contributed by atoms with Crippen LogP contribution in [0.1, 0.15) is 25.7 Å². The van der Waals surface area contributed by atoms with Crippen molar-refractivity contribution in [3.63, 3.8) is 0 Å². The van der Waals surface area contributed by atoms with Gasteiger partial charge in [-0.2, -0.15) is 0 Å². The average molecular weight is 338 g/mol. The maximum atomic E-state index is 6.07. The van der Waals surface area contributed by atoms with Crippen molar-refractivity contribution in [2.75, 3.05) is 11.9 Å². The van der Waals surface area contributed by atoms with Gasteiger partial charge in [0, 0.05) is 21.8 Å². The van der Waals surface area contributed by atoms with Crippen molar-refractivity contribution in [1.82, 2.24) is 0 Å². The summed E-state index contributed by atoms with van der Waals surface area (Å²) in [6, 6.07) is 5.32. The van der Waals surface area contributed by atoms with Crippen molar-refractivity contribution in [3.05, 3.63) is 28.2 Å². The van der Waals surface area contributed by atoms with Crippen LogP contribution in [-0.2, 0) is 0 Å². The Labute approximate surface area is 121 Å². The molecule has 1 aromatic rings. The normalized spacial score (nSPS) is 18.3. The molecule has 0 bridgehead atoms. The summed E-state index contributed by atoms with van der Waals surface area (Å²) in [5.41, 5.74) is 0.269. The fraction of sp³-hybridized carbons (Fsp3) is 0.538. The highest BCUT2D eigenvalue weighted by Gasteiger charge is 2.33. The summed E-state index contributed by atoms with van der Waals surface area (Å²) < 4.78 is 5.85. The summed E-state index contributed by atoms with van der Waals surface area (Å²) in [7, 11) is 0. The molecule has 17 heavy (non-hydrogen) atoms. The second-order valence-corrected chi connectivity index (χ2v) is 6.11. The van der Waals surface area contributed by atoms with Crippen LogP contribution in [0.3, 0.4) is 0 Å². The summed E-state index contributed by atoms with van der Waals surface area (Å²) in [5, 5.41) is 2.26. The largest absolute Gasteiger partial charge is 0.491 e. The standard InChI is InChI=1S/C13H15BrCl2O/c14-8-13(5-1-2-6-13)9-17-12-7-10(15)3-4-11(12)16/h3-4,7H,1-2,5-6,8-9H2. The maximum Gasteiger partial charge on any atom is 0.139 e. The van der Waals surface area contributed by atoms with Crippen molar-refractivity contribution >= 4 is 39.1 Å². The van der Waals surface area contributed by atoms with E-state index in [1.807, 2.05) is 0 Å². The highest BCUT2D eigenvalue weighted by Crippen LogP contribution is 2.40. The van der Waals surface area contributed by atoms with Gasteiger partial charge in [0.1, 0.15) is 5.75 Å². The fourth-order valence-electron chi connectivity index (χ4n) is 2.26. The molecule has 1 aliphatic carbocycles. The summed E-state index contributed by atoms with van der Waals surface area (Å²) in [6.45, 7) is 0.707. The van der Waals surface area contributed by atoms with Gasteiger partial charge in [0.25, 0.3) is 0 Å². The summed E-state index contributed by atoms with van der Waals surface area (Å²) in [5.74, 6) is 0.686. The molecule has 1 aliphatic rings. The molecule has 1 nitrogen and oxygen atoms in total. The molecular formula is C13H15BrCl2O. The van der Waals surface area contributed by atoms with Gasteiger partial charge < -0.3 is 4.74 Å². The van der Waals surface area contributed by atoms with Gasteiger partial charge >= 0.3 is 0 Å². The lowest BCUT2D eigenvalue weighted by Crippen LogP contribution is -2.27. The lowest BCUT2D eigenvalue weighted by atomic mass is 9.90. The Kier molecular flexibility index (Phi) is 4.62. The Morgan fingerprint density at radius 3 is 2.59 bits per heavy atom. The Balaban J connectivity index is 2.03. The molecule has 2 rings (SSSR count). The minimum atomic E-state index is 0.269. The van der Waals surface area contributed by atoms with E-state index in [1.54, 1.807) is 18.2 Å². The van der Waals surface area contributed by atoms with Crippen LogP contribution in [0.5, 0.6) is 5.75 Å². The predicted octanol–water partition coefficient (Wildman–Crippen LogP) is 5.33. The van der Waals surface area contributed by atoms with E-state index < -0.39 is 0 Å². The minimum absolute atomic E-state index is 0.269. The predicted molar refractivity (Wildman–Crippen MR) is 76.7 cm³/mol. The third-order valence-corrected chi connectivity index (χ3v) is 5.11. The molecule has 0 radical (unpaired) electrons. The summed E-state index contributed by atoms with van der Waals surface area (Å²) in [6.07, 6.45) is 5.02. The van der Waals surface area contributed by atoms with Gasteiger partial charge in [-0.1, -0.05) is 52.0 Å². The monoisotopic (exact) mass is 336 g/mol. The van der Waals surface area contributed by atoms with E-state index in [-0.39, 0.29) is 5.41 Å². The number of benzene rings is 1. The Morgan fingerprint density at radius 2 is 1.94 bits per heavy atom. The highest BCUT2D eigenvalue weighted by molar-refractivity contribution is 9.09. The van der Waals surface area contributed by atoms with Crippen LogP contribution in [0.15, 0.2) is 18.2 Å². The smallest absolute Gasteiger partial charge is 0.139 e. The van der Waals surface area contributed by atoms with Crippen LogP contribution in [0.2, 0.25) is 10.0 Å². The topological polar surface area (TPSA) is 9.23 Å². The first-order valence-corrected chi connectivity index (χ1v) is 7.67. The second kappa shape index (κ2) is 5.81. The molecule has 0 saturated heterocycles. The number of hydrogen-bond donors (Lipinski definition) is 0. The molecule has 94 valence electrons. The Hall–Kier alpha value is 0.0800. The first-order chi connectivity index (χ1) is 8.15. The minimum Gasteiger partial charge on any atom is -0.491 e. The maximum absolute atomic E-state index is 6.07. The number of ether oxygens (including phenoxy) is 1. The van der Waals surface area contributed by atoms with Gasteiger partial charge in [0.15, 0.2) is 0 Å². The van der Waals surface area contributed by atoms with Gasteiger partial charge in [-0.3, -0.25) is 0 Å². The molecule has 0 N–H and O–H groups in total. The van der Waals surface area contributed by atoms with Crippen molar-refractivity contribution in [2.24, 2.45) is 5.41 Å². The second-order valence-electron chi connectivity index (χ2n) is 4.70. The van der Waals surface area contributed by atoms with E-state index in [0.717, 1.165) is 5.33 Å².